The lowest BCUT2D eigenvalue weighted by atomic mass is 9.97. The number of β-amino-alcohol motifs (C(OH)–C–C–N with tert-alkyl or cyclic N) is 1. The van der Waals surface area contributed by atoms with Crippen molar-refractivity contribution in [2.24, 2.45) is 0 Å². The Labute approximate surface area is 141 Å². The maximum Gasteiger partial charge on any atom is 0.416 e. The molecule has 5 nitrogen and oxygen atoms in total. The van der Waals surface area contributed by atoms with Gasteiger partial charge in [0.25, 0.3) is 5.91 Å². The molecule has 0 aliphatic carbocycles. The van der Waals surface area contributed by atoms with Crippen molar-refractivity contribution >= 4 is 5.91 Å². The van der Waals surface area contributed by atoms with Gasteiger partial charge in [0, 0.05) is 12.7 Å². The summed E-state index contributed by atoms with van der Waals surface area (Å²) in [6.07, 6.45) is -4.11. The number of benzene rings is 1. The zero-order valence-electron chi connectivity index (χ0n) is 12.9. The maximum atomic E-state index is 13.3. The molecule has 1 aliphatic heterocycles. The average Bonchev–Trinajstić information content (AvgIpc) is 3.20. The topological polar surface area (TPSA) is 80.1 Å². The first-order valence-corrected chi connectivity index (χ1v) is 7.55. The Morgan fingerprint density at radius 3 is 2.72 bits per heavy atom. The van der Waals surface area contributed by atoms with Gasteiger partial charge in [-0.05, 0) is 24.1 Å². The van der Waals surface area contributed by atoms with Crippen LogP contribution in [0.1, 0.15) is 39.6 Å². The molecule has 0 unspecified atom stereocenters. The minimum Gasteiger partial charge on any atom is -0.391 e. The van der Waals surface area contributed by atoms with E-state index in [2.05, 4.69) is 4.98 Å². The first-order valence-electron chi connectivity index (χ1n) is 7.55. The normalized spacial score (nSPS) is 20.5. The monoisotopic (exact) mass is 349 g/mol. The van der Waals surface area contributed by atoms with E-state index in [1.807, 2.05) is 6.07 Å². The van der Waals surface area contributed by atoms with Crippen molar-refractivity contribution in [3.63, 3.8) is 0 Å². The van der Waals surface area contributed by atoms with Crippen LogP contribution in [0.2, 0.25) is 0 Å². The van der Waals surface area contributed by atoms with Gasteiger partial charge in [-0.25, -0.2) is 0 Å². The summed E-state index contributed by atoms with van der Waals surface area (Å²) in [6.45, 7) is -0.0667. The average molecular weight is 349 g/mol. The third kappa shape index (κ3) is 3.23. The molecule has 8 heteroatoms. The van der Waals surface area contributed by atoms with Crippen molar-refractivity contribution in [1.29, 1.82) is 5.26 Å². The quantitative estimate of drug-likeness (QED) is 0.875. The van der Waals surface area contributed by atoms with E-state index in [-0.39, 0.29) is 29.8 Å². The molecule has 3 rings (SSSR count). The lowest BCUT2D eigenvalue weighted by Gasteiger charge is -2.26. The number of nitriles is 1. The van der Waals surface area contributed by atoms with E-state index in [9.17, 15) is 23.1 Å². The van der Waals surface area contributed by atoms with E-state index < -0.39 is 29.8 Å². The number of likely N-dealkylation sites (tertiary alicyclic amines) is 1. The van der Waals surface area contributed by atoms with Gasteiger partial charge in [-0.2, -0.15) is 18.4 Å². The van der Waals surface area contributed by atoms with E-state index in [4.69, 9.17) is 5.26 Å². The number of aromatic nitrogens is 1. The van der Waals surface area contributed by atoms with E-state index in [1.165, 1.54) is 35.4 Å². The van der Waals surface area contributed by atoms with Gasteiger partial charge in [0.05, 0.1) is 23.3 Å². The Bertz CT molecular complexity index is 838. The zero-order valence-corrected chi connectivity index (χ0v) is 12.9. The van der Waals surface area contributed by atoms with Gasteiger partial charge in [-0.1, -0.05) is 18.2 Å². The summed E-state index contributed by atoms with van der Waals surface area (Å²) in [5.41, 5.74) is -0.523. The van der Waals surface area contributed by atoms with Crippen LogP contribution >= 0.6 is 0 Å². The fourth-order valence-corrected chi connectivity index (χ4v) is 3.13. The predicted octanol–water partition coefficient (Wildman–Crippen LogP) is 2.85. The van der Waals surface area contributed by atoms with E-state index in [0.717, 1.165) is 6.07 Å². The van der Waals surface area contributed by atoms with Crippen LogP contribution in [0.25, 0.3) is 0 Å². The molecule has 130 valence electrons. The highest BCUT2D eigenvalue weighted by Gasteiger charge is 2.41. The van der Waals surface area contributed by atoms with Crippen LogP contribution in [0.3, 0.4) is 0 Å². The third-order valence-corrected chi connectivity index (χ3v) is 4.22. The number of halogens is 3. The lowest BCUT2D eigenvalue weighted by molar-refractivity contribution is -0.138. The van der Waals surface area contributed by atoms with Crippen LogP contribution in [0, 0.1) is 11.3 Å². The van der Waals surface area contributed by atoms with Crippen molar-refractivity contribution in [1.82, 2.24) is 9.88 Å². The summed E-state index contributed by atoms with van der Waals surface area (Å²) >= 11 is 0. The number of rotatable bonds is 2. The second kappa shape index (κ2) is 6.26. The molecule has 1 aromatic heterocycles. The number of alkyl halides is 3. The minimum atomic E-state index is -4.55. The molecule has 0 bridgehead atoms. The van der Waals surface area contributed by atoms with Crippen LogP contribution in [-0.2, 0) is 6.18 Å². The molecule has 1 aliphatic rings. The number of H-pyrrole nitrogens is 1. The van der Waals surface area contributed by atoms with Gasteiger partial charge in [0.1, 0.15) is 11.8 Å². The van der Waals surface area contributed by atoms with Gasteiger partial charge < -0.3 is 15.0 Å². The van der Waals surface area contributed by atoms with Crippen molar-refractivity contribution in [2.75, 3.05) is 6.54 Å². The number of carbonyl (C=O) groups is 1. The summed E-state index contributed by atoms with van der Waals surface area (Å²) in [5, 5.41) is 18.8. The number of carbonyl (C=O) groups excluding carboxylic acids is 1. The summed E-state index contributed by atoms with van der Waals surface area (Å²) < 4.78 is 39.9. The Morgan fingerprint density at radius 1 is 1.36 bits per heavy atom. The zero-order chi connectivity index (χ0) is 18.2. The number of aromatic amines is 1. The first-order chi connectivity index (χ1) is 11.8. The van der Waals surface area contributed by atoms with Crippen LogP contribution in [0.5, 0.6) is 0 Å². The highest BCUT2D eigenvalue weighted by molar-refractivity contribution is 5.95. The van der Waals surface area contributed by atoms with Gasteiger partial charge in [-0.3, -0.25) is 4.79 Å². The Hall–Kier alpha value is -2.79. The number of nitrogens with zero attached hydrogens (tertiary/aromatic N) is 2. The van der Waals surface area contributed by atoms with E-state index >= 15 is 0 Å². The van der Waals surface area contributed by atoms with Gasteiger partial charge in [0.2, 0.25) is 0 Å². The summed E-state index contributed by atoms with van der Waals surface area (Å²) in [6, 6.07) is 7.34. The fourth-order valence-electron chi connectivity index (χ4n) is 3.13. The molecule has 1 aromatic carbocycles. The van der Waals surface area contributed by atoms with Crippen LogP contribution in [0.15, 0.2) is 36.5 Å². The van der Waals surface area contributed by atoms with E-state index in [0.29, 0.717) is 0 Å². The molecule has 1 saturated heterocycles. The lowest BCUT2D eigenvalue weighted by Crippen LogP contribution is -2.32. The molecule has 0 radical (unpaired) electrons. The maximum absolute atomic E-state index is 13.3. The molecule has 0 spiro atoms. The van der Waals surface area contributed by atoms with Crippen molar-refractivity contribution < 1.29 is 23.1 Å². The predicted molar refractivity (Wildman–Crippen MR) is 81.4 cm³/mol. The molecule has 1 amide bonds. The van der Waals surface area contributed by atoms with Crippen LogP contribution in [-0.4, -0.2) is 33.5 Å². The SMILES string of the molecule is N#Cc1cc(C(=O)N2C[C@@H](O)C[C@@H]2c2ccccc2C(F)(F)F)c[nH]1. The molecular weight excluding hydrogens is 335 g/mol. The van der Waals surface area contributed by atoms with Crippen LogP contribution in [0.4, 0.5) is 13.2 Å². The Kier molecular flexibility index (Phi) is 4.27. The number of hydrogen-bond donors (Lipinski definition) is 2. The highest BCUT2D eigenvalue weighted by atomic mass is 19.4. The number of aliphatic hydroxyl groups excluding tert-OH is 1. The van der Waals surface area contributed by atoms with Gasteiger partial charge >= 0.3 is 6.18 Å². The van der Waals surface area contributed by atoms with Gasteiger partial charge in [-0.15, -0.1) is 0 Å². The number of hydrogen-bond acceptors (Lipinski definition) is 3. The highest BCUT2D eigenvalue weighted by Crippen LogP contribution is 2.40. The first kappa shape index (κ1) is 17.0. The Morgan fingerprint density at radius 2 is 2.08 bits per heavy atom. The second-order valence-electron chi connectivity index (χ2n) is 5.86. The van der Waals surface area contributed by atoms with Crippen LogP contribution < -0.4 is 0 Å². The smallest absolute Gasteiger partial charge is 0.391 e. The number of nitrogens with one attached hydrogen (secondary N) is 1. The van der Waals surface area contributed by atoms with Crippen molar-refractivity contribution in [3.8, 4) is 6.07 Å². The summed E-state index contributed by atoms with van der Waals surface area (Å²) in [5.74, 6) is -0.531. The standard InChI is InChI=1S/C17H14F3N3O2/c18-17(19,20)14-4-2-1-3-13(14)15-6-12(24)9-23(15)16(25)10-5-11(7-21)22-8-10/h1-5,8,12,15,22,24H,6,9H2/t12-,15+/m0/s1. The van der Waals surface area contributed by atoms with E-state index in [1.54, 1.807) is 0 Å². The molecule has 2 N–H and O–H groups in total. The van der Waals surface area contributed by atoms with Crippen molar-refractivity contribution in [3.05, 3.63) is 58.9 Å². The number of aliphatic hydroxyl groups is 1. The molecule has 2 heterocycles. The number of amides is 1. The molecule has 25 heavy (non-hydrogen) atoms. The molecule has 2 aromatic rings. The van der Waals surface area contributed by atoms with Gasteiger partial charge in [0.15, 0.2) is 0 Å². The second-order valence-corrected chi connectivity index (χ2v) is 5.86. The fraction of sp³-hybridized carbons (Fsp3) is 0.294. The van der Waals surface area contributed by atoms with Crippen molar-refractivity contribution in [2.45, 2.75) is 24.7 Å². The molecular formula is C17H14F3N3O2. The largest absolute Gasteiger partial charge is 0.416 e. The third-order valence-electron chi connectivity index (χ3n) is 4.22. The molecule has 2 atom stereocenters. The summed E-state index contributed by atoms with van der Waals surface area (Å²) in [4.78, 5) is 16.5. The summed E-state index contributed by atoms with van der Waals surface area (Å²) in [7, 11) is 0. The molecule has 1 fully saturated rings. The minimum absolute atomic E-state index is 0.0222. The Balaban J connectivity index is 1.98. The molecule has 0 saturated carbocycles.